The Labute approximate surface area is 149 Å². The molecule has 5 nitrogen and oxygen atoms in total. The Morgan fingerprint density at radius 2 is 1.67 bits per heavy atom. The lowest BCUT2D eigenvalue weighted by Crippen LogP contribution is -2.49. The molecular formula is C18H28N4OS. The van der Waals surface area contributed by atoms with Crippen LogP contribution < -0.4 is 5.32 Å². The normalized spacial score (nSPS) is 20.1. The first-order valence-electron chi connectivity index (χ1n) is 8.95. The van der Waals surface area contributed by atoms with Crippen LogP contribution in [-0.2, 0) is 4.79 Å². The molecule has 0 radical (unpaired) electrons. The molecule has 0 spiro atoms. The lowest BCUT2D eigenvalue weighted by molar-refractivity contribution is -0.133. The highest BCUT2D eigenvalue weighted by Crippen LogP contribution is 2.25. The van der Waals surface area contributed by atoms with Crippen molar-refractivity contribution >= 4 is 23.5 Å². The molecular weight excluding hydrogens is 320 g/mol. The fourth-order valence-corrected chi connectivity index (χ4v) is 4.15. The number of likely N-dealkylation sites (tertiary alicyclic amines) is 1. The van der Waals surface area contributed by atoms with Gasteiger partial charge in [0.1, 0.15) is 0 Å². The molecule has 0 saturated carbocycles. The number of piperazine rings is 1. The van der Waals surface area contributed by atoms with Gasteiger partial charge >= 0.3 is 0 Å². The van der Waals surface area contributed by atoms with Gasteiger partial charge in [0.05, 0.1) is 6.54 Å². The van der Waals surface area contributed by atoms with E-state index in [1.807, 2.05) is 23.9 Å². The average Bonchev–Trinajstić information content (AvgIpc) is 2.65. The van der Waals surface area contributed by atoms with Crippen LogP contribution in [0.3, 0.4) is 0 Å². The van der Waals surface area contributed by atoms with Crippen molar-refractivity contribution in [3.8, 4) is 0 Å². The molecule has 1 aromatic carbocycles. The Bertz CT molecular complexity index is 522. The van der Waals surface area contributed by atoms with E-state index < -0.39 is 0 Å². The first-order chi connectivity index (χ1) is 11.7. The number of carbonyl (C=O) groups is 1. The minimum absolute atomic E-state index is 0.318. The largest absolute Gasteiger partial charge is 0.388 e. The van der Waals surface area contributed by atoms with E-state index >= 15 is 0 Å². The number of rotatable bonds is 5. The summed E-state index contributed by atoms with van der Waals surface area (Å²) in [6.07, 6.45) is 3.61. The number of nitrogens with one attached hydrogen (secondary N) is 1. The summed E-state index contributed by atoms with van der Waals surface area (Å²) in [6, 6.07) is 8.53. The van der Waals surface area contributed by atoms with Gasteiger partial charge in [0.15, 0.2) is 0 Å². The molecule has 3 rings (SSSR count). The highest BCUT2D eigenvalue weighted by Gasteiger charge is 2.23. The summed E-state index contributed by atoms with van der Waals surface area (Å²) >= 11 is 1.82. The van der Waals surface area contributed by atoms with E-state index in [0.29, 0.717) is 12.5 Å². The molecule has 2 aliphatic heterocycles. The highest BCUT2D eigenvalue weighted by atomic mass is 32.2. The maximum Gasteiger partial charge on any atom is 0.236 e. The van der Waals surface area contributed by atoms with Crippen molar-refractivity contribution in [2.75, 3.05) is 58.2 Å². The van der Waals surface area contributed by atoms with Crippen molar-refractivity contribution in [3.63, 3.8) is 0 Å². The zero-order valence-electron chi connectivity index (χ0n) is 14.5. The fourth-order valence-electron chi connectivity index (χ4n) is 3.25. The smallest absolute Gasteiger partial charge is 0.236 e. The van der Waals surface area contributed by atoms with E-state index in [0.717, 1.165) is 45.0 Å². The van der Waals surface area contributed by atoms with Crippen LogP contribution in [0, 0.1) is 0 Å². The SMILES string of the molecule is CNc1ccc(SN2CCN(CC(=O)N3CCCCC3)CC2)cc1. The number of hydrogen-bond acceptors (Lipinski definition) is 5. The van der Waals surface area contributed by atoms with Crippen LogP contribution in [0.4, 0.5) is 5.69 Å². The number of piperidine rings is 1. The van der Waals surface area contributed by atoms with Crippen molar-refractivity contribution in [3.05, 3.63) is 24.3 Å². The molecule has 2 fully saturated rings. The third-order valence-electron chi connectivity index (χ3n) is 4.78. The summed E-state index contributed by atoms with van der Waals surface area (Å²) < 4.78 is 2.40. The minimum atomic E-state index is 0.318. The van der Waals surface area contributed by atoms with Gasteiger partial charge in [-0.1, -0.05) is 0 Å². The third kappa shape index (κ3) is 4.88. The molecule has 2 saturated heterocycles. The molecule has 0 atom stereocenters. The van der Waals surface area contributed by atoms with Crippen molar-refractivity contribution in [2.45, 2.75) is 24.2 Å². The predicted octanol–water partition coefficient (Wildman–Crippen LogP) is 2.37. The Morgan fingerprint density at radius 1 is 1.00 bits per heavy atom. The molecule has 6 heteroatoms. The monoisotopic (exact) mass is 348 g/mol. The van der Waals surface area contributed by atoms with E-state index in [-0.39, 0.29) is 0 Å². The Hall–Kier alpha value is -1.24. The van der Waals surface area contributed by atoms with Gasteiger partial charge in [0.25, 0.3) is 0 Å². The highest BCUT2D eigenvalue weighted by molar-refractivity contribution is 7.97. The zero-order chi connectivity index (χ0) is 16.8. The summed E-state index contributed by atoms with van der Waals surface area (Å²) in [5, 5.41) is 3.14. The van der Waals surface area contributed by atoms with E-state index in [2.05, 4.69) is 38.8 Å². The van der Waals surface area contributed by atoms with Crippen LogP contribution in [0.1, 0.15) is 19.3 Å². The van der Waals surface area contributed by atoms with Gasteiger partial charge in [-0.15, -0.1) is 0 Å². The second-order valence-corrected chi connectivity index (χ2v) is 7.68. The molecule has 0 aromatic heterocycles. The van der Waals surface area contributed by atoms with Crippen LogP contribution in [0.5, 0.6) is 0 Å². The molecule has 2 aliphatic rings. The van der Waals surface area contributed by atoms with Crippen molar-refractivity contribution in [2.24, 2.45) is 0 Å². The number of hydrogen-bond donors (Lipinski definition) is 1. The molecule has 1 aromatic rings. The lowest BCUT2D eigenvalue weighted by atomic mass is 10.1. The average molecular weight is 349 g/mol. The van der Waals surface area contributed by atoms with Crippen LogP contribution >= 0.6 is 11.9 Å². The molecule has 2 heterocycles. The number of nitrogens with zero attached hydrogens (tertiary/aromatic N) is 3. The third-order valence-corrected chi connectivity index (χ3v) is 5.88. The summed E-state index contributed by atoms with van der Waals surface area (Å²) in [4.78, 5) is 18.0. The Kier molecular flexibility index (Phi) is 6.40. The predicted molar refractivity (Wildman–Crippen MR) is 100 cm³/mol. The summed E-state index contributed by atoms with van der Waals surface area (Å²) in [6.45, 7) is 6.46. The van der Waals surface area contributed by atoms with Crippen LogP contribution in [0.2, 0.25) is 0 Å². The number of anilines is 1. The molecule has 1 N–H and O–H groups in total. The molecule has 0 aliphatic carbocycles. The lowest BCUT2D eigenvalue weighted by Gasteiger charge is -2.35. The van der Waals surface area contributed by atoms with Crippen molar-refractivity contribution in [1.82, 2.24) is 14.1 Å². The summed E-state index contributed by atoms with van der Waals surface area (Å²) in [5.74, 6) is 0.318. The summed E-state index contributed by atoms with van der Waals surface area (Å²) in [7, 11) is 1.94. The second-order valence-electron chi connectivity index (χ2n) is 6.51. The minimum Gasteiger partial charge on any atom is -0.388 e. The van der Waals surface area contributed by atoms with Crippen LogP contribution in [0.15, 0.2) is 29.2 Å². The van der Waals surface area contributed by atoms with E-state index in [9.17, 15) is 4.79 Å². The molecule has 1 amide bonds. The summed E-state index contributed by atoms with van der Waals surface area (Å²) in [5.41, 5.74) is 1.14. The van der Waals surface area contributed by atoms with Crippen LogP contribution in [0.25, 0.3) is 0 Å². The van der Waals surface area contributed by atoms with Gasteiger partial charge in [-0.3, -0.25) is 9.69 Å². The van der Waals surface area contributed by atoms with E-state index in [1.165, 1.54) is 24.2 Å². The van der Waals surface area contributed by atoms with E-state index in [4.69, 9.17) is 0 Å². The van der Waals surface area contributed by atoms with Crippen LogP contribution in [-0.4, -0.2) is 72.9 Å². The van der Waals surface area contributed by atoms with Gasteiger partial charge in [-0.2, -0.15) is 0 Å². The molecule has 0 bridgehead atoms. The van der Waals surface area contributed by atoms with Crippen molar-refractivity contribution < 1.29 is 4.79 Å². The van der Waals surface area contributed by atoms with Gasteiger partial charge < -0.3 is 10.2 Å². The quantitative estimate of drug-likeness (QED) is 0.827. The molecule has 0 unspecified atom stereocenters. The van der Waals surface area contributed by atoms with Gasteiger partial charge in [0, 0.05) is 56.9 Å². The standard InChI is InChI=1S/C18H28N4OS/c1-19-16-5-7-17(8-6-16)24-22-13-11-20(12-14-22)15-18(23)21-9-3-2-4-10-21/h5-8,19H,2-4,9-15H2,1H3. The zero-order valence-corrected chi connectivity index (χ0v) is 15.4. The van der Waals surface area contributed by atoms with E-state index in [1.54, 1.807) is 0 Å². The number of amides is 1. The first kappa shape index (κ1) is 17.6. The topological polar surface area (TPSA) is 38.8 Å². The van der Waals surface area contributed by atoms with Gasteiger partial charge in [-0.25, -0.2) is 4.31 Å². The maximum atomic E-state index is 12.4. The Morgan fingerprint density at radius 3 is 2.29 bits per heavy atom. The number of carbonyl (C=O) groups excluding carboxylic acids is 1. The number of benzene rings is 1. The molecule has 24 heavy (non-hydrogen) atoms. The molecule has 132 valence electrons. The second kappa shape index (κ2) is 8.74. The maximum absolute atomic E-state index is 12.4. The first-order valence-corrected chi connectivity index (χ1v) is 9.73. The van der Waals surface area contributed by atoms with Gasteiger partial charge in [-0.05, 0) is 55.5 Å². The Balaban J connectivity index is 1.41. The fraction of sp³-hybridized carbons (Fsp3) is 0.611. The van der Waals surface area contributed by atoms with Crippen molar-refractivity contribution in [1.29, 1.82) is 0 Å². The van der Waals surface area contributed by atoms with Gasteiger partial charge in [0.2, 0.25) is 5.91 Å².